The smallest absolute Gasteiger partial charge is 0.328 e. The number of carboxylic acids is 1. The van der Waals surface area contributed by atoms with Gasteiger partial charge in [0.25, 0.3) is 5.69 Å². The Kier molecular flexibility index (Phi) is 3.91. The molecular formula is C18H15N3O6. The molecule has 1 atom stereocenters. The minimum absolute atomic E-state index is 0.00949. The number of nitro groups is 1. The van der Waals surface area contributed by atoms with Gasteiger partial charge in [0.1, 0.15) is 6.04 Å². The van der Waals surface area contributed by atoms with Gasteiger partial charge in [-0.15, -0.1) is 0 Å². The summed E-state index contributed by atoms with van der Waals surface area (Å²) in [5, 5.41) is 24.8. The van der Waals surface area contributed by atoms with Crippen LogP contribution in [0.15, 0.2) is 35.4 Å². The Morgan fingerprint density at radius 2 is 2.04 bits per heavy atom. The van der Waals surface area contributed by atoms with Crippen molar-refractivity contribution in [3.8, 4) is 11.5 Å². The van der Waals surface area contributed by atoms with Crippen LogP contribution in [-0.4, -0.2) is 34.5 Å². The standard InChI is InChI=1S/C18H15N3O6/c1-9-4-10(2-3-14(9)21(24)25)17-12-7-16-15(26-8-27-16)6-11(12)5-13(18(22)23)19-20-17/h2-4,6-7,13,19H,5,8H2,1H3,(H,22,23). The van der Waals surface area contributed by atoms with E-state index in [-0.39, 0.29) is 18.9 Å². The molecule has 2 N–H and O–H groups in total. The summed E-state index contributed by atoms with van der Waals surface area (Å²) in [6.07, 6.45) is 0.209. The minimum atomic E-state index is -1.02. The third-order valence-electron chi connectivity index (χ3n) is 4.57. The number of rotatable bonds is 3. The molecule has 0 fully saturated rings. The van der Waals surface area contributed by atoms with Crippen LogP contribution in [0.25, 0.3) is 0 Å². The van der Waals surface area contributed by atoms with Crippen molar-refractivity contribution < 1.29 is 24.3 Å². The summed E-state index contributed by atoms with van der Waals surface area (Å²) in [6, 6.07) is 7.29. The normalized spacial score (nSPS) is 17.4. The average molecular weight is 369 g/mol. The number of hydrazone groups is 1. The van der Waals surface area contributed by atoms with Crippen LogP contribution >= 0.6 is 0 Å². The number of hydrogen-bond acceptors (Lipinski definition) is 7. The maximum atomic E-state index is 11.5. The highest BCUT2D eigenvalue weighted by atomic mass is 16.7. The molecule has 9 nitrogen and oxygen atoms in total. The van der Waals surface area contributed by atoms with Gasteiger partial charge in [-0.3, -0.25) is 15.5 Å². The Labute approximate surface area is 153 Å². The van der Waals surface area contributed by atoms with Gasteiger partial charge in [-0.2, -0.15) is 5.10 Å². The van der Waals surface area contributed by atoms with Crippen LogP contribution in [0.4, 0.5) is 5.69 Å². The monoisotopic (exact) mass is 369 g/mol. The molecule has 2 aromatic rings. The van der Waals surface area contributed by atoms with Gasteiger partial charge in [0, 0.05) is 29.2 Å². The highest BCUT2D eigenvalue weighted by Gasteiger charge is 2.28. The molecule has 0 saturated heterocycles. The van der Waals surface area contributed by atoms with Crippen molar-refractivity contribution >= 4 is 17.4 Å². The van der Waals surface area contributed by atoms with E-state index in [9.17, 15) is 20.0 Å². The molecule has 1 unspecified atom stereocenters. The van der Waals surface area contributed by atoms with Crippen LogP contribution < -0.4 is 14.9 Å². The Morgan fingerprint density at radius 1 is 1.30 bits per heavy atom. The Balaban J connectivity index is 1.86. The lowest BCUT2D eigenvalue weighted by Gasteiger charge is -2.11. The zero-order chi connectivity index (χ0) is 19.1. The first-order valence-electron chi connectivity index (χ1n) is 8.18. The SMILES string of the molecule is Cc1cc(C2=NNC(C(=O)O)Cc3cc4c(cc32)OCO4)ccc1[N+](=O)[O-]. The molecule has 0 bridgehead atoms. The van der Waals surface area contributed by atoms with Crippen molar-refractivity contribution in [3.05, 3.63) is 62.7 Å². The highest BCUT2D eigenvalue weighted by molar-refractivity contribution is 6.14. The Hall–Kier alpha value is -3.62. The average Bonchev–Trinajstić information content (AvgIpc) is 2.98. The molecule has 0 radical (unpaired) electrons. The lowest BCUT2D eigenvalue weighted by atomic mass is 9.93. The van der Waals surface area contributed by atoms with Gasteiger partial charge >= 0.3 is 5.97 Å². The van der Waals surface area contributed by atoms with Crippen molar-refractivity contribution in [3.63, 3.8) is 0 Å². The van der Waals surface area contributed by atoms with E-state index in [0.29, 0.717) is 33.9 Å². The molecule has 27 heavy (non-hydrogen) atoms. The number of carboxylic acid groups (broad SMARTS) is 1. The minimum Gasteiger partial charge on any atom is -0.480 e. The van der Waals surface area contributed by atoms with Crippen molar-refractivity contribution in [1.29, 1.82) is 0 Å². The van der Waals surface area contributed by atoms with E-state index in [1.54, 1.807) is 31.2 Å². The summed E-state index contributed by atoms with van der Waals surface area (Å²) in [5.74, 6) is 0.0800. The van der Waals surface area contributed by atoms with Gasteiger partial charge in [0.2, 0.25) is 6.79 Å². The Bertz CT molecular complexity index is 1000. The maximum Gasteiger partial charge on any atom is 0.328 e. The zero-order valence-electron chi connectivity index (χ0n) is 14.3. The summed E-state index contributed by atoms with van der Waals surface area (Å²) in [4.78, 5) is 22.1. The van der Waals surface area contributed by atoms with Crippen molar-refractivity contribution in [1.82, 2.24) is 5.43 Å². The lowest BCUT2D eigenvalue weighted by molar-refractivity contribution is -0.385. The number of aryl methyl sites for hydroxylation is 1. The summed E-state index contributed by atoms with van der Waals surface area (Å²) in [7, 11) is 0. The van der Waals surface area contributed by atoms with Crippen LogP contribution in [0, 0.1) is 17.0 Å². The largest absolute Gasteiger partial charge is 0.480 e. The van der Waals surface area contributed by atoms with Crippen LogP contribution in [0.2, 0.25) is 0 Å². The number of nitro benzene ring substituents is 1. The second-order valence-electron chi connectivity index (χ2n) is 6.31. The molecule has 0 aliphatic carbocycles. The quantitative estimate of drug-likeness (QED) is 0.626. The number of aliphatic carboxylic acids is 1. The first-order chi connectivity index (χ1) is 12.9. The van der Waals surface area contributed by atoms with E-state index in [1.807, 2.05) is 0 Å². The molecule has 4 rings (SSSR count). The van der Waals surface area contributed by atoms with Gasteiger partial charge in [0.05, 0.1) is 10.6 Å². The van der Waals surface area contributed by atoms with Gasteiger partial charge in [0.15, 0.2) is 11.5 Å². The summed E-state index contributed by atoms with van der Waals surface area (Å²) < 4.78 is 10.8. The molecule has 2 aliphatic heterocycles. The van der Waals surface area contributed by atoms with Crippen molar-refractivity contribution in [2.45, 2.75) is 19.4 Å². The third-order valence-corrected chi connectivity index (χ3v) is 4.57. The molecule has 0 amide bonds. The van der Waals surface area contributed by atoms with E-state index < -0.39 is 16.9 Å². The van der Waals surface area contributed by atoms with Gasteiger partial charge in [-0.25, -0.2) is 4.79 Å². The Morgan fingerprint density at radius 3 is 2.70 bits per heavy atom. The fraction of sp³-hybridized carbons (Fsp3) is 0.222. The number of nitrogens with zero attached hydrogens (tertiary/aromatic N) is 2. The molecule has 2 aromatic carbocycles. The van der Waals surface area contributed by atoms with E-state index in [0.717, 1.165) is 5.56 Å². The number of nitrogens with one attached hydrogen (secondary N) is 1. The fourth-order valence-electron chi connectivity index (χ4n) is 3.21. The van der Waals surface area contributed by atoms with Gasteiger partial charge in [-0.1, -0.05) is 0 Å². The predicted molar refractivity (Wildman–Crippen MR) is 94.3 cm³/mol. The second kappa shape index (κ2) is 6.27. The van der Waals surface area contributed by atoms with E-state index >= 15 is 0 Å². The molecule has 2 aliphatic rings. The molecule has 0 spiro atoms. The van der Waals surface area contributed by atoms with Crippen LogP contribution in [0.5, 0.6) is 11.5 Å². The number of ether oxygens (including phenoxy) is 2. The van der Waals surface area contributed by atoms with Crippen molar-refractivity contribution in [2.75, 3.05) is 6.79 Å². The molecule has 2 heterocycles. The topological polar surface area (TPSA) is 123 Å². The lowest BCUT2D eigenvalue weighted by Crippen LogP contribution is -2.34. The first kappa shape index (κ1) is 16.8. The number of hydrogen-bond donors (Lipinski definition) is 2. The first-order valence-corrected chi connectivity index (χ1v) is 8.18. The van der Waals surface area contributed by atoms with Gasteiger partial charge < -0.3 is 14.6 Å². The summed E-state index contributed by atoms with van der Waals surface area (Å²) in [6.45, 7) is 1.74. The highest BCUT2D eigenvalue weighted by Crippen LogP contribution is 2.37. The summed E-state index contributed by atoms with van der Waals surface area (Å²) in [5.41, 5.74) is 5.74. The predicted octanol–water partition coefficient (Wildman–Crippen LogP) is 1.98. The number of carbonyl (C=O) groups is 1. The van der Waals surface area contributed by atoms with E-state index in [1.165, 1.54) is 6.07 Å². The molecular weight excluding hydrogens is 354 g/mol. The summed E-state index contributed by atoms with van der Waals surface area (Å²) >= 11 is 0. The molecule has 138 valence electrons. The van der Waals surface area contributed by atoms with Gasteiger partial charge in [-0.05, 0) is 36.8 Å². The maximum absolute atomic E-state index is 11.5. The molecule has 9 heteroatoms. The van der Waals surface area contributed by atoms with E-state index in [4.69, 9.17) is 9.47 Å². The molecule has 0 saturated carbocycles. The van der Waals surface area contributed by atoms with E-state index in [2.05, 4.69) is 10.5 Å². The van der Waals surface area contributed by atoms with Crippen LogP contribution in [0.3, 0.4) is 0 Å². The number of fused-ring (bicyclic) bond motifs is 2. The zero-order valence-corrected chi connectivity index (χ0v) is 14.3. The third kappa shape index (κ3) is 2.92. The number of benzene rings is 2. The molecule has 0 aromatic heterocycles. The fourth-order valence-corrected chi connectivity index (χ4v) is 3.21. The van der Waals surface area contributed by atoms with Crippen molar-refractivity contribution in [2.24, 2.45) is 5.10 Å². The van der Waals surface area contributed by atoms with Crippen LogP contribution in [0.1, 0.15) is 22.3 Å². The van der Waals surface area contributed by atoms with Crippen LogP contribution in [-0.2, 0) is 11.2 Å². The second-order valence-corrected chi connectivity index (χ2v) is 6.31.